The molecule has 0 radical (unpaired) electrons. The summed E-state index contributed by atoms with van der Waals surface area (Å²) in [7, 11) is 0. The highest BCUT2D eigenvalue weighted by Crippen LogP contribution is 2.06. The topological polar surface area (TPSA) is 151 Å². The molecule has 0 saturated heterocycles. The summed E-state index contributed by atoms with van der Waals surface area (Å²) in [6, 6.07) is 6.14. The molecular formula is C20H30N4O5. The maximum absolute atomic E-state index is 12.6. The minimum atomic E-state index is -1.14. The number of benzene rings is 1. The van der Waals surface area contributed by atoms with Crippen LogP contribution < -0.4 is 21.7 Å². The molecule has 9 nitrogen and oxygen atoms in total. The van der Waals surface area contributed by atoms with Crippen LogP contribution >= 0.6 is 0 Å². The number of aliphatic carboxylic acids is 1. The highest BCUT2D eigenvalue weighted by Gasteiger charge is 2.27. The Morgan fingerprint density at radius 2 is 1.55 bits per heavy atom. The maximum Gasteiger partial charge on any atom is 0.326 e. The minimum Gasteiger partial charge on any atom is -0.480 e. The molecule has 1 aromatic rings. The summed E-state index contributed by atoms with van der Waals surface area (Å²) in [4.78, 5) is 48.0. The van der Waals surface area contributed by atoms with E-state index in [1.165, 1.54) is 6.92 Å². The fraction of sp³-hybridized carbons (Fsp3) is 0.500. The van der Waals surface area contributed by atoms with Gasteiger partial charge in [0, 0.05) is 6.42 Å². The third-order valence-corrected chi connectivity index (χ3v) is 4.19. The molecule has 0 aliphatic heterocycles. The molecule has 3 atom stereocenters. The number of nitrogens with two attached hydrogens (primary N) is 1. The molecule has 160 valence electrons. The lowest BCUT2D eigenvalue weighted by Gasteiger charge is -2.23. The summed E-state index contributed by atoms with van der Waals surface area (Å²) < 4.78 is 0. The number of carboxylic acid groups (broad SMARTS) is 1. The van der Waals surface area contributed by atoms with Gasteiger partial charge in [-0.1, -0.05) is 44.2 Å². The summed E-state index contributed by atoms with van der Waals surface area (Å²) in [5, 5.41) is 16.8. The smallest absolute Gasteiger partial charge is 0.326 e. The highest BCUT2D eigenvalue weighted by molar-refractivity contribution is 5.93. The van der Waals surface area contributed by atoms with Crippen molar-refractivity contribution in [3.05, 3.63) is 35.9 Å². The molecular weight excluding hydrogens is 376 g/mol. The van der Waals surface area contributed by atoms with Gasteiger partial charge in [0.25, 0.3) is 0 Å². The van der Waals surface area contributed by atoms with E-state index in [1.54, 1.807) is 0 Å². The molecule has 0 bridgehead atoms. The Hall–Kier alpha value is -2.94. The molecule has 0 aliphatic rings. The summed E-state index contributed by atoms with van der Waals surface area (Å²) in [5.41, 5.74) is 6.15. The molecule has 0 fully saturated rings. The van der Waals surface area contributed by atoms with Gasteiger partial charge >= 0.3 is 5.97 Å². The fourth-order valence-corrected chi connectivity index (χ4v) is 2.68. The molecule has 3 amide bonds. The molecule has 1 aromatic carbocycles. The van der Waals surface area contributed by atoms with Crippen molar-refractivity contribution in [3.63, 3.8) is 0 Å². The second kappa shape index (κ2) is 11.8. The van der Waals surface area contributed by atoms with Gasteiger partial charge in [0.15, 0.2) is 0 Å². The van der Waals surface area contributed by atoms with Crippen molar-refractivity contribution in [2.24, 2.45) is 11.7 Å². The van der Waals surface area contributed by atoms with Crippen LogP contribution in [0, 0.1) is 5.92 Å². The van der Waals surface area contributed by atoms with Gasteiger partial charge in [-0.2, -0.15) is 0 Å². The third-order valence-electron chi connectivity index (χ3n) is 4.19. The zero-order valence-corrected chi connectivity index (χ0v) is 17.0. The predicted molar refractivity (Wildman–Crippen MR) is 108 cm³/mol. The Labute approximate surface area is 170 Å². The molecule has 0 aliphatic carbocycles. The van der Waals surface area contributed by atoms with Crippen LogP contribution in [0.1, 0.15) is 32.8 Å². The summed E-state index contributed by atoms with van der Waals surface area (Å²) >= 11 is 0. The molecule has 1 rings (SSSR count). The molecule has 0 saturated carbocycles. The fourth-order valence-electron chi connectivity index (χ4n) is 2.68. The summed E-state index contributed by atoms with van der Waals surface area (Å²) in [6.07, 6.45) is 0.489. The monoisotopic (exact) mass is 406 g/mol. The van der Waals surface area contributed by atoms with Gasteiger partial charge in [-0.05, 0) is 24.8 Å². The second-order valence-corrected chi connectivity index (χ2v) is 7.27. The van der Waals surface area contributed by atoms with Gasteiger partial charge in [-0.3, -0.25) is 14.4 Å². The molecule has 9 heteroatoms. The summed E-state index contributed by atoms with van der Waals surface area (Å²) in [5.74, 6) is -2.74. The average Bonchev–Trinajstić information content (AvgIpc) is 2.66. The standard InChI is InChI=1S/C20H30N4O5/c1-12(2)9-16(20(28)29)24-18(26)13(3)22-19(27)15(23-17(25)11-21)10-14-7-5-4-6-8-14/h4-8,12-13,15-16H,9-11,21H2,1-3H3,(H,22,27)(H,23,25)(H,24,26)(H,28,29). The van der Waals surface area contributed by atoms with E-state index in [2.05, 4.69) is 16.0 Å². The first-order valence-electron chi connectivity index (χ1n) is 9.50. The van der Waals surface area contributed by atoms with Crippen molar-refractivity contribution < 1.29 is 24.3 Å². The van der Waals surface area contributed by atoms with Gasteiger partial charge in [0.2, 0.25) is 17.7 Å². The lowest BCUT2D eigenvalue weighted by atomic mass is 10.0. The van der Waals surface area contributed by atoms with Gasteiger partial charge < -0.3 is 26.8 Å². The van der Waals surface area contributed by atoms with E-state index >= 15 is 0 Å². The minimum absolute atomic E-state index is 0.0722. The number of carbonyl (C=O) groups excluding carboxylic acids is 3. The zero-order valence-electron chi connectivity index (χ0n) is 17.0. The van der Waals surface area contributed by atoms with Crippen LogP contribution in [0.15, 0.2) is 30.3 Å². The SMILES string of the molecule is CC(C)CC(NC(=O)C(C)NC(=O)C(Cc1ccccc1)NC(=O)CN)C(=O)O. The van der Waals surface area contributed by atoms with Crippen LogP contribution in [-0.2, 0) is 25.6 Å². The first-order chi connectivity index (χ1) is 13.6. The molecule has 6 N–H and O–H groups in total. The van der Waals surface area contributed by atoms with E-state index in [0.29, 0.717) is 0 Å². The van der Waals surface area contributed by atoms with Crippen LogP contribution in [-0.4, -0.2) is 53.5 Å². The van der Waals surface area contributed by atoms with Crippen molar-refractivity contribution in [1.82, 2.24) is 16.0 Å². The number of hydrogen-bond acceptors (Lipinski definition) is 5. The van der Waals surface area contributed by atoms with Gasteiger partial charge in [0.05, 0.1) is 6.54 Å². The van der Waals surface area contributed by atoms with Crippen molar-refractivity contribution >= 4 is 23.7 Å². The van der Waals surface area contributed by atoms with E-state index in [1.807, 2.05) is 44.2 Å². The van der Waals surface area contributed by atoms with Gasteiger partial charge in [-0.15, -0.1) is 0 Å². The largest absolute Gasteiger partial charge is 0.480 e. The summed E-state index contributed by atoms with van der Waals surface area (Å²) in [6.45, 7) is 4.87. The molecule has 3 unspecified atom stereocenters. The number of carbonyl (C=O) groups is 4. The van der Waals surface area contributed by atoms with Crippen LogP contribution in [0.5, 0.6) is 0 Å². The molecule has 0 aromatic heterocycles. The molecule has 0 heterocycles. The van der Waals surface area contributed by atoms with E-state index in [9.17, 15) is 24.3 Å². The Balaban J connectivity index is 2.79. The Bertz CT molecular complexity index is 708. The quantitative estimate of drug-likeness (QED) is 0.343. The van der Waals surface area contributed by atoms with Crippen molar-refractivity contribution in [3.8, 4) is 0 Å². The third kappa shape index (κ3) is 8.73. The zero-order chi connectivity index (χ0) is 22.0. The van der Waals surface area contributed by atoms with Crippen LogP contribution in [0.4, 0.5) is 0 Å². The van der Waals surface area contributed by atoms with Crippen molar-refractivity contribution in [2.75, 3.05) is 6.54 Å². The number of nitrogens with one attached hydrogen (secondary N) is 3. The number of amides is 3. The predicted octanol–water partition coefficient (Wildman–Crippen LogP) is -0.207. The van der Waals surface area contributed by atoms with Crippen molar-refractivity contribution in [2.45, 2.75) is 51.7 Å². The number of hydrogen-bond donors (Lipinski definition) is 5. The Morgan fingerprint density at radius 1 is 0.931 bits per heavy atom. The Kier molecular flexibility index (Phi) is 9.81. The maximum atomic E-state index is 12.6. The normalized spacial score (nSPS) is 13.8. The van der Waals surface area contributed by atoms with Crippen LogP contribution in [0.3, 0.4) is 0 Å². The van der Waals surface area contributed by atoms with Gasteiger partial charge in [-0.25, -0.2) is 4.79 Å². The number of rotatable bonds is 11. The lowest BCUT2D eigenvalue weighted by molar-refractivity contribution is -0.142. The second-order valence-electron chi connectivity index (χ2n) is 7.27. The lowest BCUT2D eigenvalue weighted by Crippen LogP contribution is -2.55. The van der Waals surface area contributed by atoms with E-state index in [4.69, 9.17) is 5.73 Å². The van der Waals surface area contributed by atoms with E-state index < -0.39 is 41.8 Å². The average molecular weight is 406 g/mol. The van der Waals surface area contributed by atoms with Crippen LogP contribution in [0.25, 0.3) is 0 Å². The highest BCUT2D eigenvalue weighted by atomic mass is 16.4. The first-order valence-corrected chi connectivity index (χ1v) is 9.50. The van der Waals surface area contributed by atoms with E-state index in [0.717, 1.165) is 5.56 Å². The Morgan fingerprint density at radius 3 is 2.07 bits per heavy atom. The van der Waals surface area contributed by atoms with Crippen molar-refractivity contribution in [1.29, 1.82) is 0 Å². The van der Waals surface area contributed by atoms with Gasteiger partial charge in [0.1, 0.15) is 18.1 Å². The first kappa shape index (κ1) is 24.1. The van der Waals surface area contributed by atoms with Crippen LogP contribution in [0.2, 0.25) is 0 Å². The molecule has 29 heavy (non-hydrogen) atoms. The molecule has 0 spiro atoms. The van der Waals surface area contributed by atoms with E-state index in [-0.39, 0.29) is 25.3 Å². The number of carboxylic acids is 1.